The standard InChI is InChI=1S/C25H26N6OS/c1-30-9-6-21(7-10-30)33-24-13-18(5-8-27-24)25(32)29-23-12-20-11-17(3-4-19(20)14-28-23)22-15-26-16-31(22)2/h3-5,8,11-16,21H,6-7,9-10H2,1-2H3,(H,28,29,32). The number of rotatable bonds is 5. The van der Waals surface area contributed by atoms with Gasteiger partial charge in [0.2, 0.25) is 0 Å². The molecular weight excluding hydrogens is 432 g/mol. The summed E-state index contributed by atoms with van der Waals surface area (Å²) in [6.07, 6.45) is 9.40. The first-order valence-corrected chi connectivity index (χ1v) is 11.9. The monoisotopic (exact) mass is 458 g/mol. The Labute approximate surface area is 197 Å². The van der Waals surface area contributed by atoms with Crippen molar-refractivity contribution < 1.29 is 4.79 Å². The van der Waals surface area contributed by atoms with Gasteiger partial charge in [0.15, 0.2) is 0 Å². The van der Waals surface area contributed by atoms with Crippen LogP contribution in [0, 0.1) is 0 Å². The molecule has 5 rings (SSSR count). The molecule has 0 unspecified atom stereocenters. The fourth-order valence-electron chi connectivity index (χ4n) is 4.08. The van der Waals surface area contributed by atoms with Crippen LogP contribution in [0.2, 0.25) is 0 Å². The molecule has 0 spiro atoms. The van der Waals surface area contributed by atoms with Gasteiger partial charge in [-0.3, -0.25) is 4.79 Å². The van der Waals surface area contributed by atoms with Crippen molar-refractivity contribution in [1.29, 1.82) is 0 Å². The molecular formula is C25H26N6OS. The lowest BCUT2D eigenvalue weighted by molar-refractivity contribution is 0.102. The molecule has 33 heavy (non-hydrogen) atoms. The number of nitrogens with one attached hydrogen (secondary N) is 1. The van der Waals surface area contributed by atoms with Gasteiger partial charge in [0.05, 0.1) is 23.2 Å². The molecule has 7 nitrogen and oxygen atoms in total. The Morgan fingerprint density at radius 1 is 1.03 bits per heavy atom. The fraction of sp³-hybridized carbons (Fsp3) is 0.280. The summed E-state index contributed by atoms with van der Waals surface area (Å²) >= 11 is 1.77. The molecule has 0 atom stereocenters. The second-order valence-corrected chi connectivity index (χ2v) is 9.80. The predicted molar refractivity (Wildman–Crippen MR) is 133 cm³/mol. The van der Waals surface area contributed by atoms with Crippen LogP contribution in [0.1, 0.15) is 23.2 Å². The second kappa shape index (κ2) is 9.33. The number of aryl methyl sites for hydroxylation is 1. The van der Waals surface area contributed by atoms with Crippen LogP contribution in [-0.4, -0.2) is 55.7 Å². The molecule has 1 amide bonds. The molecule has 168 valence electrons. The maximum Gasteiger partial charge on any atom is 0.256 e. The Kier molecular flexibility index (Phi) is 6.11. The van der Waals surface area contributed by atoms with Crippen LogP contribution >= 0.6 is 11.8 Å². The topological polar surface area (TPSA) is 75.9 Å². The number of imidazole rings is 1. The van der Waals surface area contributed by atoms with E-state index >= 15 is 0 Å². The van der Waals surface area contributed by atoms with Crippen molar-refractivity contribution >= 4 is 34.3 Å². The van der Waals surface area contributed by atoms with E-state index in [-0.39, 0.29) is 5.91 Å². The van der Waals surface area contributed by atoms with Gasteiger partial charge in [-0.15, -0.1) is 11.8 Å². The number of amides is 1. The first-order valence-electron chi connectivity index (χ1n) is 11.0. The SMILES string of the molecule is CN1CCC(Sc2cc(C(=O)Nc3cc4cc(-c5cncn5C)ccc4cn3)ccn2)CC1. The average Bonchev–Trinajstić information content (AvgIpc) is 3.26. The maximum absolute atomic E-state index is 12.9. The van der Waals surface area contributed by atoms with Crippen molar-refractivity contribution in [3.8, 4) is 11.3 Å². The zero-order valence-electron chi connectivity index (χ0n) is 18.7. The second-order valence-electron chi connectivity index (χ2n) is 8.48. The van der Waals surface area contributed by atoms with E-state index in [2.05, 4.69) is 44.3 Å². The van der Waals surface area contributed by atoms with E-state index in [4.69, 9.17) is 0 Å². The predicted octanol–water partition coefficient (Wildman–Crippen LogP) is 4.47. The fourth-order valence-corrected chi connectivity index (χ4v) is 5.19. The minimum absolute atomic E-state index is 0.183. The molecule has 1 N–H and O–H groups in total. The van der Waals surface area contributed by atoms with Crippen molar-refractivity contribution in [2.24, 2.45) is 7.05 Å². The summed E-state index contributed by atoms with van der Waals surface area (Å²) in [6.45, 7) is 2.21. The molecule has 1 aliphatic rings. The molecule has 1 aromatic carbocycles. The number of piperidine rings is 1. The quantitative estimate of drug-likeness (QED) is 0.476. The third-order valence-electron chi connectivity index (χ3n) is 6.03. The number of carbonyl (C=O) groups excluding carboxylic acids is 1. The van der Waals surface area contributed by atoms with Crippen LogP contribution in [0.4, 0.5) is 5.82 Å². The summed E-state index contributed by atoms with van der Waals surface area (Å²) < 4.78 is 1.98. The lowest BCUT2D eigenvalue weighted by Crippen LogP contribution is -2.31. The number of hydrogen-bond acceptors (Lipinski definition) is 6. The van der Waals surface area contributed by atoms with Gasteiger partial charge in [0.25, 0.3) is 5.91 Å². The zero-order valence-corrected chi connectivity index (χ0v) is 19.5. The maximum atomic E-state index is 12.9. The van der Waals surface area contributed by atoms with Crippen molar-refractivity contribution in [1.82, 2.24) is 24.4 Å². The zero-order chi connectivity index (χ0) is 22.8. The third kappa shape index (κ3) is 4.91. The van der Waals surface area contributed by atoms with Crippen LogP contribution in [0.25, 0.3) is 22.0 Å². The van der Waals surface area contributed by atoms with Crippen LogP contribution in [0.15, 0.2) is 66.3 Å². The van der Waals surface area contributed by atoms with Gasteiger partial charge in [0, 0.05) is 41.2 Å². The van der Waals surface area contributed by atoms with Crippen molar-refractivity contribution in [3.63, 3.8) is 0 Å². The van der Waals surface area contributed by atoms with Crippen molar-refractivity contribution in [2.75, 3.05) is 25.5 Å². The number of thioether (sulfide) groups is 1. The Bertz CT molecular complexity index is 1300. The number of pyridine rings is 2. The molecule has 0 bridgehead atoms. The van der Waals surface area contributed by atoms with Gasteiger partial charge in [-0.25, -0.2) is 15.0 Å². The van der Waals surface area contributed by atoms with E-state index in [0.717, 1.165) is 53.0 Å². The van der Waals surface area contributed by atoms with E-state index in [1.807, 2.05) is 36.0 Å². The summed E-state index contributed by atoms with van der Waals surface area (Å²) in [4.78, 5) is 28.4. The van der Waals surface area contributed by atoms with Gasteiger partial charge in [-0.1, -0.05) is 12.1 Å². The summed E-state index contributed by atoms with van der Waals surface area (Å²) in [6, 6.07) is 11.7. The van der Waals surface area contributed by atoms with Gasteiger partial charge >= 0.3 is 0 Å². The van der Waals surface area contributed by atoms with Crippen LogP contribution in [0.5, 0.6) is 0 Å². The first kappa shape index (κ1) is 21.6. The normalized spacial score (nSPS) is 15.1. The van der Waals surface area contributed by atoms with Crippen molar-refractivity contribution in [3.05, 3.63) is 66.9 Å². The molecule has 8 heteroatoms. The number of benzene rings is 1. The molecule has 1 fully saturated rings. The number of nitrogens with zero attached hydrogens (tertiary/aromatic N) is 5. The molecule has 0 radical (unpaired) electrons. The van der Waals surface area contributed by atoms with Crippen LogP contribution < -0.4 is 5.32 Å². The summed E-state index contributed by atoms with van der Waals surface area (Å²) in [5.41, 5.74) is 2.69. The molecule has 0 saturated carbocycles. The summed E-state index contributed by atoms with van der Waals surface area (Å²) in [7, 11) is 4.13. The van der Waals surface area contributed by atoms with E-state index in [9.17, 15) is 4.79 Å². The van der Waals surface area contributed by atoms with Crippen LogP contribution in [-0.2, 0) is 7.05 Å². The van der Waals surface area contributed by atoms with E-state index in [1.165, 1.54) is 0 Å². The summed E-state index contributed by atoms with van der Waals surface area (Å²) in [5.74, 6) is 0.341. The highest BCUT2D eigenvalue weighted by molar-refractivity contribution is 7.99. The van der Waals surface area contributed by atoms with E-state index in [1.54, 1.807) is 36.5 Å². The van der Waals surface area contributed by atoms with Gasteiger partial charge in [-0.05, 0) is 62.6 Å². The number of aromatic nitrogens is 4. The lowest BCUT2D eigenvalue weighted by atomic mass is 10.1. The van der Waals surface area contributed by atoms with E-state index in [0.29, 0.717) is 16.6 Å². The number of carbonyl (C=O) groups is 1. The number of hydrogen-bond donors (Lipinski definition) is 1. The molecule has 4 aromatic rings. The first-order chi connectivity index (χ1) is 16.0. The van der Waals surface area contributed by atoms with Gasteiger partial charge in [-0.2, -0.15) is 0 Å². The minimum Gasteiger partial charge on any atom is -0.334 e. The minimum atomic E-state index is -0.183. The highest BCUT2D eigenvalue weighted by Crippen LogP contribution is 2.29. The average molecular weight is 459 g/mol. The number of anilines is 1. The van der Waals surface area contributed by atoms with Crippen LogP contribution in [0.3, 0.4) is 0 Å². The highest BCUT2D eigenvalue weighted by atomic mass is 32.2. The lowest BCUT2D eigenvalue weighted by Gasteiger charge is -2.28. The Balaban J connectivity index is 1.32. The molecule has 3 aromatic heterocycles. The number of likely N-dealkylation sites (tertiary alicyclic amines) is 1. The molecule has 1 aliphatic heterocycles. The Hall–Kier alpha value is -3.23. The van der Waals surface area contributed by atoms with Gasteiger partial charge < -0.3 is 14.8 Å². The Morgan fingerprint density at radius 2 is 1.88 bits per heavy atom. The van der Waals surface area contributed by atoms with Gasteiger partial charge in [0.1, 0.15) is 5.82 Å². The summed E-state index contributed by atoms with van der Waals surface area (Å²) in [5, 5.41) is 6.40. The molecule has 0 aliphatic carbocycles. The molecule has 4 heterocycles. The Morgan fingerprint density at radius 3 is 2.67 bits per heavy atom. The third-order valence-corrected chi connectivity index (χ3v) is 7.30. The largest absolute Gasteiger partial charge is 0.334 e. The highest BCUT2D eigenvalue weighted by Gasteiger charge is 2.19. The smallest absolute Gasteiger partial charge is 0.256 e. The van der Waals surface area contributed by atoms with Crippen molar-refractivity contribution in [2.45, 2.75) is 23.1 Å². The van der Waals surface area contributed by atoms with E-state index < -0.39 is 0 Å². The molecule has 1 saturated heterocycles. The number of fused-ring (bicyclic) bond motifs is 1.